The van der Waals surface area contributed by atoms with Gasteiger partial charge in [-0.1, -0.05) is 12.1 Å². The Morgan fingerprint density at radius 3 is 3.08 bits per heavy atom. The average molecular weight is 327 g/mol. The molecule has 6 heteroatoms. The summed E-state index contributed by atoms with van der Waals surface area (Å²) in [4.78, 5) is 26.6. The molecule has 0 unspecified atom stereocenters. The normalized spacial score (nSPS) is 23.4. The predicted molar refractivity (Wildman–Crippen MR) is 89.7 cm³/mol. The fourth-order valence-corrected chi connectivity index (χ4v) is 3.92. The van der Waals surface area contributed by atoms with Crippen LogP contribution in [0.4, 0.5) is 0 Å². The molecule has 1 aromatic heterocycles. The lowest BCUT2D eigenvalue weighted by Gasteiger charge is -2.37. The smallest absolute Gasteiger partial charge is 0.224 e. The first-order valence-electron chi connectivity index (χ1n) is 8.60. The Hall–Kier alpha value is -2.21. The molecule has 1 aromatic carbocycles. The molecule has 1 aliphatic heterocycles. The molecule has 1 saturated carbocycles. The van der Waals surface area contributed by atoms with Gasteiger partial charge in [-0.15, -0.1) is 0 Å². The molecule has 2 fully saturated rings. The van der Waals surface area contributed by atoms with Gasteiger partial charge in [-0.25, -0.2) is 0 Å². The van der Waals surface area contributed by atoms with Crippen molar-refractivity contribution >= 4 is 16.8 Å². The summed E-state index contributed by atoms with van der Waals surface area (Å²) < 4.78 is 7.52. The number of nitrogens with zero attached hydrogens (tertiary/aromatic N) is 3. The number of carbonyl (C=O) groups excluding carboxylic acids is 1. The summed E-state index contributed by atoms with van der Waals surface area (Å²) in [5.74, 6) is 0.153. The van der Waals surface area contributed by atoms with Crippen LogP contribution >= 0.6 is 0 Å². The number of aryl methyl sites for hydroxylation is 1. The van der Waals surface area contributed by atoms with Crippen LogP contribution < -0.4 is 5.43 Å². The maximum absolute atomic E-state index is 12.7. The van der Waals surface area contributed by atoms with E-state index in [2.05, 4.69) is 5.10 Å². The summed E-state index contributed by atoms with van der Waals surface area (Å²) in [5.41, 5.74) is 0.689. The van der Waals surface area contributed by atoms with Gasteiger partial charge < -0.3 is 9.64 Å². The van der Waals surface area contributed by atoms with Gasteiger partial charge in [0.2, 0.25) is 11.3 Å². The topological polar surface area (TPSA) is 64.4 Å². The highest BCUT2D eigenvalue weighted by atomic mass is 16.5. The fourth-order valence-electron chi connectivity index (χ4n) is 3.92. The largest absolute Gasteiger partial charge is 0.374 e. The summed E-state index contributed by atoms with van der Waals surface area (Å²) >= 11 is 0. The molecule has 1 aliphatic carbocycles. The van der Waals surface area contributed by atoms with Crippen molar-refractivity contribution in [2.24, 2.45) is 0 Å². The van der Waals surface area contributed by atoms with E-state index in [-0.39, 0.29) is 23.5 Å². The van der Waals surface area contributed by atoms with Crippen LogP contribution in [0.2, 0.25) is 0 Å². The van der Waals surface area contributed by atoms with Gasteiger partial charge in [-0.2, -0.15) is 5.10 Å². The zero-order valence-corrected chi connectivity index (χ0v) is 13.6. The molecule has 24 heavy (non-hydrogen) atoms. The second-order valence-corrected chi connectivity index (χ2v) is 6.49. The molecule has 1 amide bonds. The van der Waals surface area contributed by atoms with Crippen LogP contribution in [0.15, 0.2) is 35.3 Å². The maximum Gasteiger partial charge on any atom is 0.224 e. The lowest BCUT2D eigenvalue weighted by atomic mass is 10.1. The lowest BCUT2D eigenvalue weighted by molar-refractivity contribution is -0.144. The Labute approximate surface area is 140 Å². The van der Waals surface area contributed by atoms with Gasteiger partial charge in [0.15, 0.2) is 0 Å². The highest BCUT2D eigenvalue weighted by molar-refractivity contribution is 5.79. The summed E-state index contributed by atoms with van der Waals surface area (Å²) in [6.45, 7) is 1.79. The van der Waals surface area contributed by atoms with E-state index in [1.54, 1.807) is 10.7 Å². The number of morpholine rings is 1. The number of para-hydroxylation sites is 1. The van der Waals surface area contributed by atoms with Crippen molar-refractivity contribution < 1.29 is 9.53 Å². The van der Waals surface area contributed by atoms with E-state index in [4.69, 9.17) is 4.74 Å². The second kappa shape index (κ2) is 6.36. The molecular formula is C18H21N3O3. The van der Waals surface area contributed by atoms with Gasteiger partial charge in [0.1, 0.15) is 0 Å². The molecule has 1 saturated heterocycles. The summed E-state index contributed by atoms with van der Waals surface area (Å²) in [6, 6.07) is 7.63. The maximum atomic E-state index is 12.7. The van der Waals surface area contributed by atoms with Crippen LogP contribution in [0.5, 0.6) is 0 Å². The van der Waals surface area contributed by atoms with E-state index in [9.17, 15) is 9.59 Å². The number of fused-ring (bicyclic) bond motifs is 2. The lowest BCUT2D eigenvalue weighted by Crippen LogP contribution is -2.51. The number of ether oxygens (including phenoxy) is 1. The number of hydrogen-bond acceptors (Lipinski definition) is 4. The Kier molecular flexibility index (Phi) is 4.06. The second-order valence-electron chi connectivity index (χ2n) is 6.49. The number of rotatable bonds is 3. The zero-order valence-electron chi connectivity index (χ0n) is 13.6. The van der Waals surface area contributed by atoms with Crippen molar-refractivity contribution in [3.8, 4) is 0 Å². The predicted octanol–water partition coefficient (Wildman–Crippen LogP) is 1.57. The van der Waals surface area contributed by atoms with Gasteiger partial charge in [0, 0.05) is 18.4 Å². The van der Waals surface area contributed by atoms with Crippen LogP contribution in [0.25, 0.3) is 10.9 Å². The molecule has 0 bridgehead atoms. The first kappa shape index (κ1) is 15.3. The van der Waals surface area contributed by atoms with E-state index in [0.29, 0.717) is 31.5 Å². The number of amides is 1. The number of hydrogen-bond donors (Lipinski definition) is 0. The van der Waals surface area contributed by atoms with Crippen molar-refractivity contribution in [1.29, 1.82) is 0 Å². The minimum atomic E-state index is -0.0878. The zero-order chi connectivity index (χ0) is 16.5. The molecule has 2 aliphatic rings. The fraction of sp³-hybridized carbons (Fsp3) is 0.500. The molecule has 0 N–H and O–H groups in total. The summed E-state index contributed by atoms with van der Waals surface area (Å²) in [7, 11) is 0. The van der Waals surface area contributed by atoms with E-state index in [1.165, 1.54) is 6.20 Å². The van der Waals surface area contributed by atoms with Gasteiger partial charge in [-0.3, -0.25) is 14.3 Å². The minimum Gasteiger partial charge on any atom is -0.374 e. The van der Waals surface area contributed by atoms with Gasteiger partial charge >= 0.3 is 0 Å². The highest BCUT2D eigenvalue weighted by Crippen LogP contribution is 2.30. The highest BCUT2D eigenvalue weighted by Gasteiger charge is 2.38. The molecule has 2 heterocycles. The molecule has 0 spiro atoms. The molecule has 6 nitrogen and oxygen atoms in total. The van der Waals surface area contributed by atoms with Gasteiger partial charge in [0.25, 0.3) is 0 Å². The quantitative estimate of drug-likeness (QED) is 0.858. The van der Waals surface area contributed by atoms with E-state index in [0.717, 1.165) is 24.8 Å². The average Bonchev–Trinajstić information content (AvgIpc) is 3.10. The Balaban J connectivity index is 1.50. The summed E-state index contributed by atoms with van der Waals surface area (Å²) in [6.07, 6.45) is 5.16. The third-order valence-electron chi connectivity index (χ3n) is 5.10. The van der Waals surface area contributed by atoms with Crippen LogP contribution in [0.1, 0.15) is 25.7 Å². The van der Waals surface area contributed by atoms with Crippen molar-refractivity contribution in [3.63, 3.8) is 0 Å². The molecule has 2 atom stereocenters. The first-order chi connectivity index (χ1) is 11.7. The van der Waals surface area contributed by atoms with Gasteiger partial charge in [0.05, 0.1) is 37.0 Å². The molecule has 4 rings (SSSR count). The van der Waals surface area contributed by atoms with Gasteiger partial charge in [-0.05, 0) is 31.4 Å². The number of aromatic nitrogens is 2. The van der Waals surface area contributed by atoms with Crippen molar-refractivity contribution in [2.75, 3.05) is 13.2 Å². The Bertz CT molecular complexity index is 817. The monoisotopic (exact) mass is 327 g/mol. The van der Waals surface area contributed by atoms with E-state index < -0.39 is 0 Å². The van der Waals surface area contributed by atoms with Crippen LogP contribution in [-0.4, -0.2) is 45.9 Å². The van der Waals surface area contributed by atoms with Crippen LogP contribution in [0.3, 0.4) is 0 Å². The van der Waals surface area contributed by atoms with Crippen molar-refractivity contribution in [1.82, 2.24) is 14.7 Å². The third-order valence-corrected chi connectivity index (χ3v) is 5.10. The molecule has 0 radical (unpaired) electrons. The first-order valence-corrected chi connectivity index (χ1v) is 8.60. The molecular weight excluding hydrogens is 306 g/mol. The Morgan fingerprint density at radius 1 is 1.29 bits per heavy atom. The SMILES string of the molecule is O=C(CCn1ncc(=O)c2ccccc21)N1CCO[C@H]2CCC[C@H]21. The van der Waals surface area contributed by atoms with E-state index in [1.807, 2.05) is 23.1 Å². The standard InChI is InChI=1S/C18H21N3O3/c22-16-12-19-21(14-5-2-1-4-13(14)16)9-8-18(23)20-10-11-24-17-7-3-6-15(17)20/h1-2,4-5,12,15,17H,3,6-11H2/t15-,17+/m1/s1. The van der Waals surface area contributed by atoms with Crippen LogP contribution in [0, 0.1) is 0 Å². The Morgan fingerprint density at radius 2 is 2.17 bits per heavy atom. The molecule has 2 aromatic rings. The third kappa shape index (κ3) is 2.71. The minimum absolute atomic E-state index is 0.0878. The molecule has 126 valence electrons. The number of carbonyl (C=O) groups is 1. The van der Waals surface area contributed by atoms with Crippen molar-refractivity contribution in [2.45, 2.75) is 44.4 Å². The van der Waals surface area contributed by atoms with Crippen molar-refractivity contribution in [3.05, 3.63) is 40.7 Å². The van der Waals surface area contributed by atoms with E-state index >= 15 is 0 Å². The van der Waals surface area contributed by atoms with Crippen LogP contribution in [-0.2, 0) is 16.1 Å². The summed E-state index contributed by atoms with van der Waals surface area (Å²) in [5, 5.41) is 4.84. The number of benzene rings is 1.